The molecule has 0 aliphatic carbocycles. The molecule has 2 N–H and O–H groups in total. The first-order valence-electron chi connectivity index (χ1n) is 5.53. The van der Waals surface area contributed by atoms with Crippen molar-refractivity contribution in [2.24, 2.45) is 0 Å². The van der Waals surface area contributed by atoms with Gasteiger partial charge in [-0.25, -0.2) is 4.79 Å². The number of anilines is 1. The minimum Gasteiger partial charge on any atom is -0.371 e. The third kappa shape index (κ3) is 1.71. The Kier molecular flexibility index (Phi) is 2.21. The lowest BCUT2D eigenvalue weighted by molar-refractivity contribution is 1.06. The van der Waals surface area contributed by atoms with Crippen LogP contribution in [-0.2, 0) is 6.42 Å². The Hall–Kier alpha value is -2.11. The number of H-pyrrole nitrogens is 1. The SMILES string of the molecule is Bc1cncc(-c2nc(=O)[nH]c3c2CCN3)c1. The zero-order chi connectivity index (χ0) is 11.8. The van der Waals surface area contributed by atoms with Gasteiger partial charge in [-0.1, -0.05) is 11.5 Å². The molecule has 0 atom stereocenters. The second-order valence-corrected chi connectivity index (χ2v) is 4.17. The summed E-state index contributed by atoms with van der Waals surface area (Å²) in [6, 6.07) is 1.99. The Morgan fingerprint density at radius 3 is 3.06 bits per heavy atom. The summed E-state index contributed by atoms with van der Waals surface area (Å²) in [5, 5.41) is 3.15. The first-order valence-corrected chi connectivity index (χ1v) is 5.53. The van der Waals surface area contributed by atoms with Gasteiger partial charge in [0.15, 0.2) is 0 Å². The molecule has 0 bridgehead atoms. The average Bonchev–Trinajstić information content (AvgIpc) is 2.75. The van der Waals surface area contributed by atoms with Crippen molar-refractivity contribution < 1.29 is 0 Å². The molecule has 6 heteroatoms. The number of fused-ring (bicyclic) bond motifs is 1. The van der Waals surface area contributed by atoms with Crippen molar-refractivity contribution in [3.05, 3.63) is 34.5 Å². The quantitative estimate of drug-likeness (QED) is 0.615. The maximum atomic E-state index is 11.5. The van der Waals surface area contributed by atoms with E-state index in [9.17, 15) is 4.79 Å². The lowest BCUT2D eigenvalue weighted by atomic mass is 9.95. The molecular formula is C11H11BN4O. The molecule has 0 saturated carbocycles. The Bertz CT molecular complexity index is 638. The molecule has 0 spiro atoms. The topological polar surface area (TPSA) is 70.7 Å². The highest BCUT2D eigenvalue weighted by atomic mass is 16.1. The highest BCUT2D eigenvalue weighted by Crippen LogP contribution is 2.27. The third-order valence-corrected chi connectivity index (χ3v) is 2.86. The van der Waals surface area contributed by atoms with Gasteiger partial charge in [-0.3, -0.25) is 9.97 Å². The van der Waals surface area contributed by atoms with Crippen LogP contribution < -0.4 is 16.5 Å². The number of pyridine rings is 1. The molecule has 0 saturated heterocycles. The molecule has 0 unspecified atom stereocenters. The van der Waals surface area contributed by atoms with E-state index in [-0.39, 0.29) is 5.69 Å². The summed E-state index contributed by atoms with van der Waals surface area (Å²) >= 11 is 0. The second-order valence-electron chi connectivity index (χ2n) is 4.17. The van der Waals surface area contributed by atoms with Crippen molar-refractivity contribution in [2.75, 3.05) is 11.9 Å². The van der Waals surface area contributed by atoms with Gasteiger partial charge < -0.3 is 5.32 Å². The Labute approximate surface area is 98.7 Å². The fourth-order valence-corrected chi connectivity index (χ4v) is 2.13. The van der Waals surface area contributed by atoms with E-state index in [2.05, 4.69) is 20.3 Å². The van der Waals surface area contributed by atoms with Crippen molar-refractivity contribution in [3.8, 4) is 11.3 Å². The van der Waals surface area contributed by atoms with Gasteiger partial charge in [-0.05, 0) is 6.42 Å². The summed E-state index contributed by atoms with van der Waals surface area (Å²) in [6.45, 7) is 0.837. The van der Waals surface area contributed by atoms with Gasteiger partial charge in [-0.2, -0.15) is 4.98 Å². The molecule has 0 fully saturated rings. The number of nitrogens with one attached hydrogen (secondary N) is 2. The minimum absolute atomic E-state index is 0.324. The van der Waals surface area contributed by atoms with Gasteiger partial charge in [0.05, 0.1) is 5.69 Å². The van der Waals surface area contributed by atoms with Crippen LogP contribution in [0.15, 0.2) is 23.3 Å². The maximum Gasteiger partial charge on any atom is 0.347 e. The molecule has 1 aliphatic rings. The van der Waals surface area contributed by atoms with Crippen LogP contribution in [0, 0.1) is 0 Å². The van der Waals surface area contributed by atoms with Crippen molar-refractivity contribution >= 4 is 19.1 Å². The van der Waals surface area contributed by atoms with Crippen LogP contribution in [0.1, 0.15) is 5.56 Å². The number of nitrogens with zero attached hydrogens (tertiary/aromatic N) is 2. The lowest BCUT2D eigenvalue weighted by Gasteiger charge is -2.06. The summed E-state index contributed by atoms with van der Waals surface area (Å²) in [7, 11) is 1.97. The third-order valence-electron chi connectivity index (χ3n) is 2.86. The molecule has 2 aromatic heterocycles. The van der Waals surface area contributed by atoms with Crippen molar-refractivity contribution in [2.45, 2.75) is 6.42 Å². The first-order chi connectivity index (χ1) is 8.24. The van der Waals surface area contributed by atoms with Gasteiger partial charge in [0, 0.05) is 30.1 Å². The lowest BCUT2D eigenvalue weighted by Crippen LogP contribution is -2.14. The van der Waals surface area contributed by atoms with Gasteiger partial charge >= 0.3 is 5.69 Å². The van der Waals surface area contributed by atoms with Gasteiger partial charge in [-0.15, -0.1) is 0 Å². The van der Waals surface area contributed by atoms with E-state index in [0.717, 1.165) is 41.1 Å². The monoisotopic (exact) mass is 226 g/mol. The van der Waals surface area contributed by atoms with Crippen molar-refractivity contribution in [1.29, 1.82) is 0 Å². The number of aromatic amines is 1. The Balaban J connectivity index is 2.24. The summed E-state index contributed by atoms with van der Waals surface area (Å²) in [5.74, 6) is 0.793. The summed E-state index contributed by atoms with van der Waals surface area (Å²) < 4.78 is 0. The number of rotatable bonds is 1. The van der Waals surface area contributed by atoms with Crippen LogP contribution in [-0.4, -0.2) is 29.3 Å². The Morgan fingerprint density at radius 2 is 2.24 bits per heavy atom. The first kappa shape index (κ1) is 10.1. The van der Waals surface area contributed by atoms with E-state index < -0.39 is 0 Å². The fraction of sp³-hybridized carbons (Fsp3) is 0.182. The molecule has 0 aromatic carbocycles. The summed E-state index contributed by atoms with van der Waals surface area (Å²) in [4.78, 5) is 22.4. The predicted octanol–water partition coefficient (Wildman–Crippen LogP) is -0.942. The van der Waals surface area contributed by atoms with Crippen molar-refractivity contribution in [1.82, 2.24) is 15.0 Å². The highest BCUT2D eigenvalue weighted by molar-refractivity contribution is 6.32. The number of aromatic nitrogens is 3. The second kappa shape index (κ2) is 3.73. The average molecular weight is 226 g/mol. The molecular weight excluding hydrogens is 215 g/mol. The molecule has 5 nitrogen and oxygen atoms in total. The van der Waals surface area contributed by atoms with Crippen LogP contribution >= 0.6 is 0 Å². The van der Waals surface area contributed by atoms with Crippen LogP contribution in [0.25, 0.3) is 11.3 Å². The number of hydrogen-bond donors (Lipinski definition) is 2. The largest absolute Gasteiger partial charge is 0.371 e. The van der Waals surface area contributed by atoms with E-state index in [1.165, 1.54) is 0 Å². The van der Waals surface area contributed by atoms with E-state index in [1.54, 1.807) is 12.4 Å². The maximum absolute atomic E-state index is 11.5. The van der Waals surface area contributed by atoms with E-state index in [1.807, 2.05) is 13.9 Å². The van der Waals surface area contributed by atoms with E-state index >= 15 is 0 Å². The summed E-state index contributed by atoms with van der Waals surface area (Å²) in [6.07, 6.45) is 4.41. The molecule has 0 radical (unpaired) electrons. The van der Waals surface area contributed by atoms with Crippen molar-refractivity contribution in [3.63, 3.8) is 0 Å². The standard InChI is InChI=1S/C11H11BN4O/c12-7-3-6(4-13-5-7)9-8-1-2-14-10(8)16-11(17)15-9/h3-5H,1-2,12H2,(H2,14,15,16,17). The van der Waals surface area contributed by atoms with Gasteiger partial charge in [0.2, 0.25) is 0 Å². The van der Waals surface area contributed by atoms with Crippen LogP contribution in [0.5, 0.6) is 0 Å². The highest BCUT2D eigenvalue weighted by Gasteiger charge is 2.18. The normalized spacial score (nSPS) is 13.2. The molecule has 3 heterocycles. The Morgan fingerprint density at radius 1 is 1.35 bits per heavy atom. The minimum atomic E-state index is -0.324. The molecule has 1 aliphatic heterocycles. The molecule has 84 valence electrons. The van der Waals surface area contributed by atoms with Crippen LogP contribution in [0.2, 0.25) is 0 Å². The van der Waals surface area contributed by atoms with Crippen LogP contribution in [0.4, 0.5) is 5.82 Å². The zero-order valence-electron chi connectivity index (χ0n) is 9.45. The zero-order valence-corrected chi connectivity index (χ0v) is 9.45. The fourth-order valence-electron chi connectivity index (χ4n) is 2.13. The molecule has 2 aromatic rings. The molecule has 3 rings (SSSR count). The smallest absolute Gasteiger partial charge is 0.347 e. The van der Waals surface area contributed by atoms with Gasteiger partial charge in [0.25, 0.3) is 0 Å². The van der Waals surface area contributed by atoms with Crippen LogP contribution in [0.3, 0.4) is 0 Å². The predicted molar refractivity (Wildman–Crippen MR) is 68.5 cm³/mol. The van der Waals surface area contributed by atoms with Gasteiger partial charge in [0.1, 0.15) is 13.7 Å². The van der Waals surface area contributed by atoms with E-state index in [0.29, 0.717) is 0 Å². The molecule has 17 heavy (non-hydrogen) atoms. The number of hydrogen-bond acceptors (Lipinski definition) is 4. The molecule has 0 amide bonds. The summed E-state index contributed by atoms with van der Waals surface area (Å²) in [5.41, 5.74) is 3.44. The van der Waals surface area contributed by atoms with E-state index in [4.69, 9.17) is 0 Å².